The molecule has 5 heteroatoms. The van der Waals surface area contributed by atoms with E-state index in [1.54, 1.807) is 0 Å². The van der Waals surface area contributed by atoms with Crippen molar-refractivity contribution in [2.75, 3.05) is 6.61 Å². The van der Waals surface area contributed by atoms with Crippen molar-refractivity contribution in [1.29, 1.82) is 0 Å². The van der Waals surface area contributed by atoms with Gasteiger partial charge in [0.1, 0.15) is 6.10 Å². The quantitative estimate of drug-likeness (QED) is 0.346. The Balaban J connectivity index is 1.57. The van der Waals surface area contributed by atoms with Crippen molar-refractivity contribution in [3.8, 4) is 0 Å². The number of Topliss-reactive ketones (excluding diaryl/α,β-unsaturated/α-hetero) is 1. The maximum atomic E-state index is 13.6. The van der Waals surface area contributed by atoms with Crippen molar-refractivity contribution < 1.29 is 23.9 Å². The van der Waals surface area contributed by atoms with E-state index in [0.717, 1.165) is 56.9 Å². The van der Waals surface area contributed by atoms with E-state index in [9.17, 15) is 14.4 Å². The zero-order valence-electron chi connectivity index (χ0n) is 26.0. The van der Waals surface area contributed by atoms with Crippen LogP contribution in [0.5, 0.6) is 0 Å². The summed E-state index contributed by atoms with van der Waals surface area (Å²) in [4.78, 5) is 39.1. The molecule has 0 aromatic rings. The Labute approximate surface area is 236 Å². The molecule has 4 fully saturated rings. The van der Waals surface area contributed by atoms with E-state index in [1.807, 2.05) is 6.92 Å². The maximum absolute atomic E-state index is 13.6. The fourth-order valence-corrected chi connectivity index (χ4v) is 11.5. The highest BCUT2D eigenvalue weighted by atomic mass is 16.5. The van der Waals surface area contributed by atoms with Crippen LogP contribution in [0.3, 0.4) is 0 Å². The maximum Gasteiger partial charge on any atom is 0.316 e. The predicted octanol–water partition coefficient (Wildman–Crippen LogP) is 7.46. The van der Waals surface area contributed by atoms with Gasteiger partial charge in [-0.25, -0.2) is 0 Å². The molecule has 0 amide bonds. The Morgan fingerprint density at radius 1 is 0.897 bits per heavy atom. The van der Waals surface area contributed by atoms with Crippen LogP contribution in [0.2, 0.25) is 0 Å². The molecule has 8 atom stereocenters. The molecule has 0 saturated heterocycles. The molecule has 4 saturated carbocycles. The van der Waals surface area contributed by atoms with Gasteiger partial charge in [-0.1, -0.05) is 48.5 Å². The zero-order valence-corrected chi connectivity index (χ0v) is 26.0. The first-order chi connectivity index (χ1) is 18.1. The summed E-state index contributed by atoms with van der Waals surface area (Å²) in [7, 11) is 0. The number of ketones is 1. The molecule has 0 aliphatic heterocycles. The monoisotopic (exact) mass is 540 g/mol. The third-order valence-corrected chi connectivity index (χ3v) is 13.3. The lowest BCUT2D eigenvalue weighted by Gasteiger charge is -2.72. The average molecular weight is 541 g/mol. The van der Waals surface area contributed by atoms with Crippen molar-refractivity contribution in [2.24, 2.45) is 50.7 Å². The van der Waals surface area contributed by atoms with E-state index in [0.29, 0.717) is 24.9 Å². The number of hydrogen-bond donors (Lipinski definition) is 0. The first-order valence-electron chi connectivity index (χ1n) is 15.7. The molecule has 0 aromatic heterocycles. The minimum Gasteiger partial charge on any atom is -0.465 e. The van der Waals surface area contributed by atoms with Crippen LogP contribution in [0.4, 0.5) is 0 Å². The summed E-state index contributed by atoms with van der Waals surface area (Å²) in [6.07, 6.45) is 8.41. The van der Waals surface area contributed by atoms with Gasteiger partial charge in [0.05, 0.1) is 12.0 Å². The molecular formula is C34H52O5. The van der Waals surface area contributed by atoms with Gasteiger partial charge in [-0.15, -0.1) is 0 Å². The Morgan fingerprint density at radius 3 is 2.21 bits per heavy atom. The number of hydrogen-bond acceptors (Lipinski definition) is 5. The zero-order chi connectivity index (χ0) is 28.8. The topological polar surface area (TPSA) is 69.7 Å². The minimum atomic E-state index is -0.759. The molecular weight excluding hydrogens is 488 g/mol. The van der Waals surface area contributed by atoms with Gasteiger partial charge < -0.3 is 9.47 Å². The minimum absolute atomic E-state index is 0.0208. The average Bonchev–Trinajstić information content (AvgIpc) is 3.15. The Morgan fingerprint density at radius 2 is 1.59 bits per heavy atom. The van der Waals surface area contributed by atoms with Gasteiger partial charge in [0.15, 0.2) is 5.78 Å². The molecule has 5 aliphatic carbocycles. The van der Waals surface area contributed by atoms with Gasteiger partial charge in [-0.05, 0) is 109 Å². The fourth-order valence-electron chi connectivity index (χ4n) is 11.5. The molecule has 0 radical (unpaired) electrons. The summed E-state index contributed by atoms with van der Waals surface area (Å²) in [5, 5.41) is 0. The van der Waals surface area contributed by atoms with E-state index in [2.05, 4.69) is 48.5 Å². The van der Waals surface area contributed by atoms with Gasteiger partial charge in [0.25, 0.3) is 0 Å². The van der Waals surface area contributed by atoms with Gasteiger partial charge in [-0.3, -0.25) is 14.4 Å². The first-order valence-corrected chi connectivity index (χ1v) is 15.7. The number of rotatable bonds is 4. The lowest BCUT2D eigenvalue weighted by atomic mass is 9.33. The molecule has 0 N–H and O–H groups in total. The second-order valence-corrected chi connectivity index (χ2v) is 15.5. The van der Waals surface area contributed by atoms with E-state index in [1.165, 1.54) is 12.5 Å². The highest BCUT2D eigenvalue weighted by molar-refractivity contribution is 6.06. The summed E-state index contributed by atoms with van der Waals surface area (Å²) in [6.45, 7) is 20.3. The highest BCUT2D eigenvalue weighted by Gasteiger charge is 2.71. The number of carbonyl (C=O) groups excluding carboxylic acids is 3. The molecule has 5 rings (SSSR count). The molecule has 3 unspecified atom stereocenters. The van der Waals surface area contributed by atoms with Crippen molar-refractivity contribution in [3.63, 3.8) is 0 Å². The Kier molecular flexibility index (Phi) is 6.79. The van der Waals surface area contributed by atoms with E-state index in [-0.39, 0.29) is 57.3 Å². The van der Waals surface area contributed by atoms with Crippen LogP contribution in [0.1, 0.15) is 120 Å². The van der Waals surface area contributed by atoms with Crippen LogP contribution in [0.25, 0.3) is 0 Å². The van der Waals surface area contributed by atoms with E-state index in [4.69, 9.17) is 9.47 Å². The molecule has 5 nitrogen and oxygen atoms in total. The molecule has 0 bridgehead atoms. The number of allylic oxidation sites excluding steroid dienone is 1. The van der Waals surface area contributed by atoms with Crippen LogP contribution in [-0.4, -0.2) is 30.4 Å². The molecule has 0 spiro atoms. The predicted molar refractivity (Wildman–Crippen MR) is 152 cm³/mol. The Bertz CT molecular complexity index is 1100. The largest absolute Gasteiger partial charge is 0.465 e. The van der Waals surface area contributed by atoms with E-state index < -0.39 is 5.41 Å². The molecule has 0 aromatic carbocycles. The van der Waals surface area contributed by atoms with Crippen LogP contribution in [0.15, 0.2) is 11.1 Å². The van der Waals surface area contributed by atoms with Crippen LogP contribution >= 0.6 is 0 Å². The van der Waals surface area contributed by atoms with Crippen molar-refractivity contribution in [3.05, 3.63) is 11.1 Å². The number of fused-ring (bicyclic) bond motifs is 7. The second kappa shape index (κ2) is 9.18. The van der Waals surface area contributed by atoms with E-state index >= 15 is 0 Å². The lowest BCUT2D eigenvalue weighted by molar-refractivity contribution is -0.233. The van der Waals surface area contributed by atoms with Gasteiger partial charge in [-0.2, -0.15) is 0 Å². The summed E-state index contributed by atoms with van der Waals surface area (Å²) < 4.78 is 11.6. The Hall–Kier alpha value is -1.65. The normalized spacial score (nSPS) is 44.7. The highest BCUT2D eigenvalue weighted by Crippen LogP contribution is 2.76. The first kappa shape index (κ1) is 28.9. The summed E-state index contributed by atoms with van der Waals surface area (Å²) >= 11 is 0. The van der Waals surface area contributed by atoms with Crippen LogP contribution < -0.4 is 0 Å². The fraction of sp³-hybridized carbons (Fsp3) is 0.853. The van der Waals surface area contributed by atoms with Crippen molar-refractivity contribution in [2.45, 2.75) is 126 Å². The summed E-state index contributed by atoms with van der Waals surface area (Å²) in [6, 6.07) is 0. The third kappa shape index (κ3) is 3.72. The van der Waals surface area contributed by atoms with Crippen LogP contribution in [0, 0.1) is 50.7 Å². The number of ether oxygens (including phenoxy) is 2. The van der Waals surface area contributed by atoms with Gasteiger partial charge in [0, 0.05) is 18.8 Å². The molecule has 0 heterocycles. The van der Waals surface area contributed by atoms with Gasteiger partial charge >= 0.3 is 11.9 Å². The SMILES string of the molecule is CCOC(=O)[C@@]12CC[C@]3(C)C(CCC4[C@@]5(C)CC[C@H](OC(C)=O)C(C)(C)C5CC[C@]43C)C1=C(C(C)C)C(=O)C2. The molecule has 218 valence electrons. The smallest absolute Gasteiger partial charge is 0.316 e. The summed E-state index contributed by atoms with van der Waals surface area (Å²) in [5.74, 6) is 1.26. The third-order valence-electron chi connectivity index (χ3n) is 13.3. The molecule has 39 heavy (non-hydrogen) atoms. The van der Waals surface area contributed by atoms with Gasteiger partial charge in [0.2, 0.25) is 0 Å². The standard InChI is InChI=1S/C34H52O5/c1-10-38-29(37)34-18-17-32(8)22(28(34)27(20(2)3)23(36)19-34)11-12-25-31(7)15-14-26(39-21(4)35)30(5,6)24(31)13-16-33(25,32)9/h20,22,24-26H,10-19H2,1-9H3/t22?,24?,25?,26-,31-,32+,33+,34+/m0/s1. The summed E-state index contributed by atoms with van der Waals surface area (Å²) in [5.41, 5.74) is 1.60. The number of esters is 2. The molecule has 5 aliphatic rings. The van der Waals surface area contributed by atoms with Crippen molar-refractivity contribution >= 4 is 17.7 Å². The van der Waals surface area contributed by atoms with Crippen molar-refractivity contribution in [1.82, 2.24) is 0 Å². The second-order valence-electron chi connectivity index (χ2n) is 15.5. The number of carbonyl (C=O) groups is 3. The lowest BCUT2D eigenvalue weighted by Crippen LogP contribution is -2.66. The van der Waals surface area contributed by atoms with Crippen LogP contribution in [-0.2, 0) is 23.9 Å².